The van der Waals surface area contributed by atoms with Crippen LogP contribution in [-0.4, -0.2) is 17.4 Å². The van der Waals surface area contributed by atoms with E-state index in [9.17, 15) is 5.11 Å². The first-order valence-electron chi connectivity index (χ1n) is 5.57. The van der Waals surface area contributed by atoms with Crippen molar-refractivity contribution in [2.75, 3.05) is 6.79 Å². The predicted octanol–water partition coefficient (Wildman–Crippen LogP) is 1.54. The molecule has 1 heterocycles. The number of phenols is 1. The van der Waals surface area contributed by atoms with E-state index in [1.54, 1.807) is 6.07 Å². The van der Waals surface area contributed by atoms with E-state index in [2.05, 4.69) is 0 Å². The van der Waals surface area contributed by atoms with Crippen molar-refractivity contribution in [1.82, 2.24) is 0 Å². The van der Waals surface area contributed by atoms with Gasteiger partial charge in [-0.25, -0.2) is 0 Å². The van der Waals surface area contributed by atoms with E-state index in [1.165, 1.54) is 0 Å². The van der Waals surface area contributed by atoms with E-state index in [0.717, 1.165) is 31.2 Å². The summed E-state index contributed by atoms with van der Waals surface area (Å²) in [5.74, 6) is 1.25. The zero-order valence-corrected chi connectivity index (χ0v) is 9.03. The highest BCUT2D eigenvalue weighted by atomic mass is 16.7. The molecule has 4 nitrogen and oxygen atoms in total. The molecular weight excluding hydrogens is 206 g/mol. The summed E-state index contributed by atoms with van der Waals surface area (Å²) >= 11 is 0. The maximum absolute atomic E-state index is 9.72. The smallest absolute Gasteiger partial charge is 0.231 e. The summed E-state index contributed by atoms with van der Waals surface area (Å²) in [4.78, 5) is 0. The van der Waals surface area contributed by atoms with Gasteiger partial charge < -0.3 is 20.3 Å². The Balaban J connectivity index is 1.77. The maximum atomic E-state index is 9.72. The predicted molar refractivity (Wildman–Crippen MR) is 58.7 cm³/mol. The topological polar surface area (TPSA) is 64.7 Å². The third-order valence-corrected chi connectivity index (χ3v) is 3.32. The fourth-order valence-electron chi connectivity index (χ4n) is 2.00. The lowest BCUT2D eigenvalue weighted by atomic mass is 10.0. The van der Waals surface area contributed by atoms with Crippen molar-refractivity contribution in [2.45, 2.75) is 31.2 Å². The molecule has 0 unspecified atom stereocenters. The fourth-order valence-corrected chi connectivity index (χ4v) is 2.00. The van der Waals surface area contributed by atoms with Crippen LogP contribution in [0.3, 0.4) is 0 Å². The Bertz CT molecular complexity index is 427. The Morgan fingerprint density at radius 1 is 1.31 bits per heavy atom. The van der Waals surface area contributed by atoms with E-state index in [0.29, 0.717) is 11.5 Å². The molecule has 0 aromatic heterocycles. The monoisotopic (exact) mass is 221 g/mol. The summed E-state index contributed by atoms with van der Waals surface area (Å²) in [6, 6.07) is 3.66. The summed E-state index contributed by atoms with van der Waals surface area (Å²) in [6.07, 6.45) is 4.07. The molecule has 0 radical (unpaired) electrons. The number of fused-ring (bicyclic) bond motifs is 1. The molecule has 1 saturated carbocycles. The summed E-state index contributed by atoms with van der Waals surface area (Å²) in [5, 5.41) is 9.72. The van der Waals surface area contributed by atoms with Crippen LogP contribution in [-0.2, 0) is 6.42 Å². The first-order chi connectivity index (χ1) is 7.66. The molecular formula is C12H15NO3. The molecule has 3 rings (SSSR count). The van der Waals surface area contributed by atoms with Gasteiger partial charge in [-0.15, -0.1) is 0 Å². The molecule has 4 heteroatoms. The first-order valence-corrected chi connectivity index (χ1v) is 5.57. The molecule has 1 aliphatic heterocycles. The van der Waals surface area contributed by atoms with Gasteiger partial charge in [0, 0.05) is 5.54 Å². The van der Waals surface area contributed by atoms with Crippen LogP contribution in [0, 0.1) is 0 Å². The summed E-state index contributed by atoms with van der Waals surface area (Å²) < 4.78 is 10.4. The van der Waals surface area contributed by atoms with Crippen molar-refractivity contribution in [3.63, 3.8) is 0 Å². The molecule has 0 saturated heterocycles. The van der Waals surface area contributed by atoms with Gasteiger partial charge in [0.05, 0.1) is 0 Å². The molecule has 0 bridgehead atoms. The van der Waals surface area contributed by atoms with Crippen LogP contribution in [0.5, 0.6) is 17.2 Å². The molecule has 1 fully saturated rings. The fraction of sp³-hybridized carbons (Fsp3) is 0.500. The van der Waals surface area contributed by atoms with Gasteiger partial charge in [0.1, 0.15) is 0 Å². The number of benzene rings is 1. The second-order valence-corrected chi connectivity index (χ2v) is 4.71. The maximum Gasteiger partial charge on any atom is 0.231 e. The zero-order chi connectivity index (χ0) is 11.2. The second-order valence-electron chi connectivity index (χ2n) is 4.71. The van der Waals surface area contributed by atoms with E-state index >= 15 is 0 Å². The highest BCUT2D eigenvalue weighted by Gasteiger charge is 2.37. The van der Waals surface area contributed by atoms with Crippen molar-refractivity contribution in [1.29, 1.82) is 0 Å². The van der Waals surface area contributed by atoms with Crippen LogP contribution >= 0.6 is 0 Å². The van der Waals surface area contributed by atoms with Crippen LogP contribution in [0.2, 0.25) is 0 Å². The normalized spacial score (nSPS) is 19.8. The van der Waals surface area contributed by atoms with Gasteiger partial charge in [-0.3, -0.25) is 0 Å². The number of hydrogen-bond acceptors (Lipinski definition) is 4. The third-order valence-electron chi connectivity index (χ3n) is 3.32. The number of nitrogens with two attached hydrogens (primary N) is 1. The zero-order valence-electron chi connectivity index (χ0n) is 9.03. The highest BCUT2D eigenvalue weighted by molar-refractivity contribution is 5.54. The Morgan fingerprint density at radius 2 is 2.12 bits per heavy atom. The lowest BCUT2D eigenvalue weighted by molar-refractivity contribution is 0.171. The van der Waals surface area contributed by atoms with Gasteiger partial charge in [0.25, 0.3) is 0 Å². The Hall–Kier alpha value is -1.42. The van der Waals surface area contributed by atoms with Crippen molar-refractivity contribution < 1.29 is 14.6 Å². The summed E-state index contributed by atoms with van der Waals surface area (Å²) in [5.41, 5.74) is 7.13. The molecule has 1 aromatic rings. The number of aromatic hydroxyl groups is 1. The first kappa shape index (κ1) is 9.78. The van der Waals surface area contributed by atoms with Crippen LogP contribution in [0.25, 0.3) is 0 Å². The Labute approximate surface area is 94.0 Å². The van der Waals surface area contributed by atoms with Gasteiger partial charge >= 0.3 is 0 Å². The third kappa shape index (κ3) is 1.69. The van der Waals surface area contributed by atoms with Crippen LogP contribution in [0.15, 0.2) is 12.1 Å². The van der Waals surface area contributed by atoms with Gasteiger partial charge in [-0.1, -0.05) is 0 Å². The van der Waals surface area contributed by atoms with Gasteiger partial charge in [-0.05, 0) is 43.4 Å². The van der Waals surface area contributed by atoms with Crippen LogP contribution in [0.1, 0.15) is 24.8 Å². The van der Waals surface area contributed by atoms with Crippen LogP contribution < -0.4 is 15.2 Å². The molecule has 0 atom stereocenters. The van der Waals surface area contributed by atoms with E-state index in [4.69, 9.17) is 15.2 Å². The Morgan fingerprint density at radius 3 is 2.88 bits per heavy atom. The minimum atomic E-state index is 0.0476. The standard InChI is InChI=1S/C12H15NO3/c13-12(3-4-12)2-1-8-5-9(14)11-10(6-8)15-7-16-11/h5-6,14H,1-4,7,13H2. The molecule has 0 amide bonds. The Kier molecular flexibility index (Phi) is 2.01. The second kappa shape index (κ2) is 3.28. The number of phenolic OH excluding ortho intramolecular Hbond substituents is 1. The van der Waals surface area contributed by atoms with Gasteiger partial charge in [-0.2, -0.15) is 0 Å². The molecule has 1 aromatic carbocycles. The van der Waals surface area contributed by atoms with E-state index in [1.807, 2.05) is 6.07 Å². The number of rotatable bonds is 3. The minimum Gasteiger partial charge on any atom is -0.504 e. The average Bonchev–Trinajstić information content (AvgIpc) is 2.79. The molecule has 3 N–H and O–H groups in total. The molecule has 86 valence electrons. The lowest BCUT2D eigenvalue weighted by Crippen LogP contribution is -2.22. The summed E-state index contributed by atoms with van der Waals surface area (Å²) in [7, 11) is 0. The molecule has 16 heavy (non-hydrogen) atoms. The van der Waals surface area contributed by atoms with Crippen molar-refractivity contribution in [2.24, 2.45) is 5.73 Å². The average molecular weight is 221 g/mol. The number of aryl methyl sites for hydroxylation is 1. The van der Waals surface area contributed by atoms with E-state index in [-0.39, 0.29) is 18.1 Å². The lowest BCUT2D eigenvalue weighted by Gasteiger charge is -2.09. The highest BCUT2D eigenvalue weighted by Crippen LogP contribution is 2.42. The largest absolute Gasteiger partial charge is 0.504 e. The SMILES string of the molecule is NC1(CCc2cc(O)c3c(c2)OCO3)CC1. The quantitative estimate of drug-likeness (QED) is 0.812. The molecule has 1 aliphatic carbocycles. The van der Waals surface area contributed by atoms with Crippen molar-refractivity contribution >= 4 is 0 Å². The molecule has 2 aliphatic rings. The number of ether oxygens (including phenoxy) is 2. The van der Waals surface area contributed by atoms with Crippen molar-refractivity contribution in [3.05, 3.63) is 17.7 Å². The van der Waals surface area contributed by atoms with Crippen LogP contribution in [0.4, 0.5) is 0 Å². The van der Waals surface area contributed by atoms with Gasteiger partial charge in [0.2, 0.25) is 12.5 Å². The molecule has 0 spiro atoms. The summed E-state index contributed by atoms with van der Waals surface area (Å²) in [6.45, 7) is 0.188. The van der Waals surface area contributed by atoms with E-state index < -0.39 is 0 Å². The minimum absolute atomic E-state index is 0.0476. The van der Waals surface area contributed by atoms with Gasteiger partial charge in [0.15, 0.2) is 11.5 Å². The van der Waals surface area contributed by atoms with Crippen molar-refractivity contribution in [3.8, 4) is 17.2 Å². The number of hydrogen-bond donors (Lipinski definition) is 2.